The largest absolute Gasteiger partial charge is 0.315 e. The first-order valence-corrected chi connectivity index (χ1v) is 5.50. The molecule has 0 aromatic heterocycles. The van der Waals surface area contributed by atoms with Crippen LogP contribution in [-0.4, -0.2) is 50.7 Å². The molecule has 0 bridgehead atoms. The van der Waals surface area contributed by atoms with Gasteiger partial charge in [0.15, 0.2) is 0 Å². The third kappa shape index (κ3) is 4.07. The van der Waals surface area contributed by atoms with Crippen LogP contribution in [-0.2, 0) is 0 Å². The molecule has 0 saturated carbocycles. The molecule has 0 unspecified atom stereocenters. The summed E-state index contributed by atoms with van der Waals surface area (Å²) in [5.41, 5.74) is 0. The van der Waals surface area contributed by atoms with Crippen molar-refractivity contribution < 1.29 is 0 Å². The minimum Gasteiger partial charge on any atom is -0.315 e. The van der Waals surface area contributed by atoms with E-state index in [-0.39, 0.29) is 0 Å². The number of nitrogens with zero attached hydrogens (tertiary/aromatic N) is 1. The number of nitrogens with one attached hydrogen (secondary N) is 2. The van der Waals surface area contributed by atoms with E-state index in [1.165, 1.54) is 32.7 Å². The Hall–Kier alpha value is -0.120. The van der Waals surface area contributed by atoms with E-state index in [2.05, 4.69) is 29.4 Å². The Morgan fingerprint density at radius 3 is 2.08 bits per heavy atom. The van der Waals surface area contributed by atoms with E-state index in [0.29, 0.717) is 0 Å². The Kier molecular flexibility index (Phi) is 5.35. The molecule has 1 fully saturated rings. The molecule has 2 N–H and O–H groups in total. The summed E-state index contributed by atoms with van der Waals surface area (Å²) in [5, 5.41) is 6.92. The summed E-state index contributed by atoms with van der Waals surface area (Å²) < 4.78 is 0. The van der Waals surface area contributed by atoms with Crippen LogP contribution in [0.15, 0.2) is 0 Å². The quantitative estimate of drug-likeness (QED) is 0.652. The van der Waals surface area contributed by atoms with Gasteiger partial charge in [-0.1, -0.05) is 13.8 Å². The van der Waals surface area contributed by atoms with Crippen LogP contribution < -0.4 is 10.6 Å². The molecule has 3 heteroatoms. The SMILES string of the molecule is CCN(CC)CC1CNCCNC1. The number of hydrogen-bond acceptors (Lipinski definition) is 3. The van der Waals surface area contributed by atoms with Gasteiger partial charge in [-0.3, -0.25) is 0 Å². The average molecular weight is 185 g/mol. The summed E-state index contributed by atoms with van der Waals surface area (Å²) in [6.07, 6.45) is 0. The van der Waals surface area contributed by atoms with Crippen molar-refractivity contribution in [3.05, 3.63) is 0 Å². The van der Waals surface area contributed by atoms with Crippen LogP contribution in [0.25, 0.3) is 0 Å². The molecule has 13 heavy (non-hydrogen) atoms. The molecule has 78 valence electrons. The van der Waals surface area contributed by atoms with Crippen molar-refractivity contribution >= 4 is 0 Å². The molecule has 0 atom stereocenters. The van der Waals surface area contributed by atoms with Gasteiger partial charge in [0.1, 0.15) is 0 Å². The third-order valence-corrected chi connectivity index (χ3v) is 2.76. The first kappa shape index (κ1) is 11.0. The molecule has 1 aliphatic rings. The van der Waals surface area contributed by atoms with Crippen molar-refractivity contribution in [2.75, 3.05) is 45.8 Å². The zero-order valence-electron chi connectivity index (χ0n) is 8.97. The van der Waals surface area contributed by atoms with Crippen LogP contribution >= 0.6 is 0 Å². The van der Waals surface area contributed by atoms with E-state index in [4.69, 9.17) is 0 Å². The third-order valence-electron chi connectivity index (χ3n) is 2.76. The average Bonchev–Trinajstić information content (AvgIpc) is 2.42. The minimum atomic E-state index is 0.780. The maximum Gasteiger partial charge on any atom is 0.00768 e. The standard InChI is InChI=1S/C10H23N3/c1-3-13(4-2)9-10-7-11-5-6-12-8-10/h10-12H,3-9H2,1-2H3. The molecular formula is C10H23N3. The van der Waals surface area contributed by atoms with Gasteiger partial charge in [0.25, 0.3) is 0 Å². The van der Waals surface area contributed by atoms with E-state index >= 15 is 0 Å². The van der Waals surface area contributed by atoms with Crippen LogP contribution in [0.5, 0.6) is 0 Å². The first-order chi connectivity index (χ1) is 6.36. The Bertz CT molecular complexity index is 115. The first-order valence-electron chi connectivity index (χ1n) is 5.50. The number of rotatable bonds is 4. The minimum absolute atomic E-state index is 0.780. The van der Waals surface area contributed by atoms with Gasteiger partial charge in [0.2, 0.25) is 0 Å². The van der Waals surface area contributed by atoms with Gasteiger partial charge in [-0.25, -0.2) is 0 Å². The van der Waals surface area contributed by atoms with E-state index in [0.717, 1.165) is 19.0 Å². The Labute approximate surface area is 81.9 Å². The predicted octanol–water partition coefficient (Wildman–Crippen LogP) is 0.137. The van der Waals surface area contributed by atoms with Gasteiger partial charge in [0, 0.05) is 32.7 Å². The molecule has 0 aromatic rings. The van der Waals surface area contributed by atoms with Gasteiger partial charge in [0.05, 0.1) is 0 Å². The molecule has 0 spiro atoms. The normalized spacial score (nSPS) is 20.5. The summed E-state index contributed by atoms with van der Waals surface area (Å²) in [4.78, 5) is 2.50. The van der Waals surface area contributed by atoms with Crippen molar-refractivity contribution in [3.63, 3.8) is 0 Å². The molecule has 0 aliphatic carbocycles. The smallest absolute Gasteiger partial charge is 0.00768 e. The summed E-state index contributed by atoms with van der Waals surface area (Å²) in [5.74, 6) is 0.780. The highest BCUT2D eigenvalue weighted by molar-refractivity contribution is 4.73. The fourth-order valence-electron chi connectivity index (χ4n) is 1.84. The van der Waals surface area contributed by atoms with Gasteiger partial charge in [-0.2, -0.15) is 0 Å². The molecular weight excluding hydrogens is 162 g/mol. The molecule has 1 aliphatic heterocycles. The second kappa shape index (κ2) is 6.35. The maximum absolute atomic E-state index is 3.46. The molecule has 3 nitrogen and oxygen atoms in total. The van der Waals surface area contributed by atoms with Crippen molar-refractivity contribution in [2.45, 2.75) is 13.8 Å². The van der Waals surface area contributed by atoms with Crippen molar-refractivity contribution in [1.82, 2.24) is 15.5 Å². The van der Waals surface area contributed by atoms with Crippen LogP contribution in [0.1, 0.15) is 13.8 Å². The molecule has 1 heterocycles. The van der Waals surface area contributed by atoms with Gasteiger partial charge in [-0.15, -0.1) is 0 Å². The fourth-order valence-corrected chi connectivity index (χ4v) is 1.84. The highest BCUT2D eigenvalue weighted by Crippen LogP contribution is 2.00. The highest BCUT2D eigenvalue weighted by atomic mass is 15.1. The van der Waals surface area contributed by atoms with E-state index in [9.17, 15) is 0 Å². The second-order valence-electron chi connectivity index (χ2n) is 3.76. The lowest BCUT2D eigenvalue weighted by Crippen LogP contribution is -2.36. The predicted molar refractivity (Wildman–Crippen MR) is 57.0 cm³/mol. The highest BCUT2D eigenvalue weighted by Gasteiger charge is 2.13. The molecule has 0 aromatic carbocycles. The van der Waals surface area contributed by atoms with Gasteiger partial charge < -0.3 is 15.5 Å². The monoisotopic (exact) mass is 185 g/mol. The van der Waals surface area contributed by atoms with Crippen LogP contribution in [0.2, 0.25) is 0 Å². The second-order valence-corrected chi connectivity index (χ2v) is 3.76. The fraction of sp³-hybridized carbons (Fsp3) is 1.00. The topological polar surface area (TPSA) is 27.3 Å². The van der Waals surface area contributed by atoms with E-state index in [1.807, 2.05) is 0 Å². The van der Waals surface area contributed by atoms with Crippen molar-refractivity contribution in [3.8, 4) is 0 Å². The molecule has 1 saturated heterocycles. The summed E-state index contributed by atoms with van der Waals surface area (Å²) in [7, 11) is 0. The van der Waals surface area contributed by atoms with Gasteiger partial charge >= 0.3 is 0 Å². The Morgan fingerprint density at radius 2 is 1.62 bits per heavy atom. The zero-order valence-corrected chi connectivity index (χ0v) is 8.97. The lowest BCUT2D eigenvalue weighted by Gasteiger charge is -2.24. The van der Waals surface area contributed by atoms with Crippen molar-refractivity contribution in [2.24, 2.45) is 5.92 Å². The van der Waals surface area contributed by atoms with Crippen molar-refractivity contribution in [1.29, 1.82) is 0 Å². The summed E-state index contributed by atoms with van der Waals surface area (Å²) in [6.45, 7) is 12.6. The Balaban J connectivity index is 2.24. The van der Waals surface area contributed by atoms with Gasteiger partial charge in [-0.05, 0) is 19.0 Å². The molecule has 0 radical (unpaired) electrons. The van der Waals surface area contributed by atoms with Crippen LogP contribution in [0.4, 0.5) is 0 Å². The number of hydrogen-bond donors (Lipinski definition) is 2. The molecule has 0 amide bonds. The summed E-state index contributed by atoms with van der Waals surface area (Å²) >= 11 is 0. The molecule has 1 rings (SSSR count). The van der Waals surface area contributed by atoms with Crippen LogP contribution in [0.3, 0.4) is 0 Å². The van der Waals surface area contributed by atoms with Crippen LogP contribution in [0, 0.1) is 5.92 Å². The lowest BCUT2D eigenvalue weighted by atomic mass is 10.1. The lowest BCUT2D eigenvalue weighted by molar-refractivity contribution is 0.250. The van der Waals surface area contributed by atoms with E-state index in [1.54, 1.807) is 0 Å². The summed E-state index contributed by atoms with van der Waals surface area (Å²) in [6, 6.07) is 0. The zero-order chi connectivity index (χ0) is 9.52. The van der Waals surface area contributed by atoms with E-state index < -0.39 is 0 Å². The Morgan fingerprint density at radius 1 is 1.08 bits per heavy atom. The maximum atomic E-state index is 3.46.